The van der Waals surface area contributed by atoms with Crippen molar-refractivity contribution in [1.82, 2.24) is 0 Å². The van der Waals surface area contributed by atoms with Crippen molar-refractivity contribution in [2.75, 3.05) is 26.2 Å². The molecule has 1 rings (SSSR count). The Hall–Kier alpha value is 1.70. The summed E-state index contributed by atoms with van der Waals surface area (Å²) in [7, 11) is 0. The molecule has 1 aliphatic carbocycles. The molecule has 0 aromatic rings. The Morgan fingerprint density at radius 3 is 0.667 bits per heavy atom. The molecule has 128 valence electrons. The summed E-state index contributed by atoms with van der Waals surface area (Å²) in [6, 6.07) is 0. The van der Waals surface area contributed by atoms with Crippen molar-refractivity contribution < 1.29 is 4.48 Å². The largest absolute Gasteiger partial charge is 0.325 e. The molecule has 0 spiro atoms. The first kappa shape index (κ1) is 22.7. The molecule has 0 aliphatic heterocycles. The summed E-state index contributed by atoms with van der Waals surface area (Å²) >= 11 is 35.3. The van der Waals surface area contributed by atoms with Crippen LogP contribution in [0.3, 0.4) is 0 Å². The second kappa shape index (κ2) is 10.5. The Bertz CT molecular complexity index is 211. The predicted molar refractivity (Wildman–Crippen MR) is 100 cm³/mol. The molecular formula is C14H26Cl6N+. The Morgan fingerprint density at radius 2 is 0.619 bits per heavy atom. The zero-order chi connectivity index (χ0) is 16.8. The van der Waals surface area contributed by atoms with Crippen LogP contribution in [0.1, 0.15) is 27.7 Å². The van der Waals surface area contributed by atoms with Gasteiger partial charge in [0.25, 0.3) is 0 Å². The van der Waals surface area contributed by atoms with Gasteiger partial charge in [-0.3, -0.25) is 0 Å². The maximum Gasteiger partial charge on any atom is 0.0757 e. The second-order valence-electron chi connectivity index (χ2n) is 5.27. The van der Waals surface area contributed by atoms with Crippen molar-refractivity contribution in [3.8, 4) is 0 Å². The fourth-order valence-electron chi connectivity index (χ4n) is 2.40. The van der Waals surface area contributed by atoms with Crippen LogP contribution in [-0.2, 0) is 0 Å². The van der Waals surface area contributed by atoms with Crippen LogP contribution in [0.25, 0.3) is 0 Å². The Morgan fingerprint density at radius 1 is 0.476 bits per heavy atom. The SMILES string of the molecule is CC[N+](CC)(CC)CC.Cl[C@H]1[C@H](Cl)[C@@H](Cl)[C@@H](Cl)[C@H](Cl)[C@H]1Cl. The average molecular weight is 421 g/mol. The molecular weight excluding hydrogens is 395 g/mol. The summed E-state index contributed by atoms with van der Waals surface area (Å²) in [5.74, 6) is 0. The van der Waals surface area contributed by atoms with Gasteiger partial charge < -0.3 is 4.48 Å². The number of hydrogen-bond acceptors (Lipinski definition) is 0. The van der Waals surface area contributed by atoms with Gasteiger partial charge in [0, 0.05) is 0 Å². The van der Waals surface area contributed by atoms with E-state index in [2.05, 4.69) is 27.7 Å². The van der Waals surface area contributed by atoms with Crippen molar-refractivity contribution >= 4 is 69.6 Å². The highest BCUT2D eigenvalue weighted by atomic mass is 35.5. The van der Waals surface area contributed by atoms with Gasteiger partial charge in [-0.2, -0.15) is 0 Å². The van der Waals surface area contributed by atoms with Gasteiger partial charge >= 0.3 is 0 Å². The lowest BCUT2D eigenvalue weighted by atomic mass is 9.97. The third-order valence-electron chi connectivity index (χ3n) is 4.51. The van der Waals surface area contributed by atoms with Gasteiger partial charge in [-0.05, 0) is 27.7 Å². The Balaban J connectivity index is 0.000000400. The number of quaternary nitrogens is 1. The third-order valence-corrected chi connectivity index (χ3v) is 8.54. The van der Waals surface area contributed by atoms with Gasteiger partial charge in [-0.15, -0.1) is 69.6 Å². The van der Waals surface area contributed by atoms with E-state index in [9.17, 15) is 0 Å². The molecule has 0 saturated heterocycles. The lowest BCUT2D eigenvalue weighted by Crippen LogP contribution is -2.52. The van der Waals surface area contributed by atoms with Gasteiger partial charge in [0.15, 0.2) is 0 Å². The zero-order valence-electron chi connectivity index (χ0n) is 13.0. The molecule has 1 fully saturated rings. The summed E-state index contributed by atoms with van der Waals surface area (Å²) in [5, 5.41) is -2.62. The van der Waals surface area contributed by atoms with E-state index in [0.717, 1.165) is 0 Å². The van der Waals surface area contributed by atoms with Gasteiger partial charge in [0.2, 0.25) is 0 Å². The summed E-state index contributed by atoms with van der Waals surface area (Å²) in [6.07, 6.45) is 0. The van der Waals surface area contributed by atoms with E-state index in [-0.39, 0.29) is 0 Å². The molecule has 0 heterocycles. The fourth-order valence-corrected chi connectivity index (χ4v) is 4.72. The van der Waals surface area contributed by atoms with E-state index < -0.39 is 32.3 Å². The number of nitrogens with zero attached hydrogens (tertiary/aromatic N) is 1. The number of alkyl halides is 6. The third kappa shape index (κ3) is 5.93. The molecule has 0 bridgehead atoms. The van der Waals surface area contributed by atoms with E-state index in [1.165, 1.54) is 30.7 Å². The Labute approximate surface area is 159 Å². The quantitative estimate of drug-likeness (QED) is 0.414. The first-order chi connectivity index (χ1) is 9.71. The fraction of sp³-hybridized carbons (Fsp3) is 1.00. The highest BCUT2D eigenvalue weighted by Crippen LogP contribution is 2.39. The van der Waals surface area contributed by atoms with Gasteiger partial charge in [0.05, 0.1) is 58.4 Å². The molecule has 1 nitrogen and oxygen atoms in total. The minimum Gasteiger partial charge on any atom is -0.325 e. The average Bonchev–Trinajstić information content (AvgIpc) is 2.52. The van der Waals surface area contributed by atoms with E-state index in [1.54, 1.807) is 0 Å². The van der Waals surface area contributed by atoms with Crippen molar-refractivity contribution in [2.45, 2.75) is 60.0 Å². The first-order valence-electron chi connectivity index (χ1n) is 7.40. The zero-order valence-corrected chi connectivity index (χ0v) is 17.5. The molecule has 0 radical (unpaired) electrons. The highest BCUT2D eigenvalue weighted by molar-refractivity contribution is 6.45. The molecule has 1 aliphatic rings. The number of rotatable bonds is 4. The predicted octanol–water partition coefficient (Wildman–Crippen LogP) is 5.53. The maximum absolute atomic E-state index is 5.88. The molecule has 0 unspecified atom stereocenters. The minimum atomic E-state index is -0.437. The van der Waals surface area contributed by atoms with Crippen LogP contribution in [0.2, 0.25) is 0 Å². The normalized spacial score (nSPS) is 36.9. The molecule has 0 atom stereocenters. The van der Waals surface area contributed by atoms with Gasteiger partial charge in [-0.25, -0.2) is 0 Å². The topological polar surface area (TPSA) is 0 Å². The summed E-state index contributed by atoms with van der Waals surface area (Å²) in [6.45, 7) is 14.2. The second-order valence-corrected chi connectivity index (χ2v) is 8.30. The van der Waals surface area contributed by atoms with E-state index >= 15 is 0 Å². The van der Waals surface area contributed by atoms with E-state index in [4.69, 9.17) is 69.6 Å². The van der Waals surface area contributed by atoms with Crippen LogP contribution >= 0.6 is 69.6 Å². The monoisotopic (exact) mass is 418 g/mol. The first-order valence-corrected chi connectivity index (χ1v) is 10.0. The van der Waals surface area contributed by atoms with Crippen molar-refractivity contribution in [3.05, 3.63) is 0 Å². The van der Waals surface area contributed by atoms with Crippen LogP contribution in [0, 0.1) is 0 Å². The summed E-state index contributed by atoms with van der Waals surface area (Å²) in [5.41, 5.74) is 0. The van der Waals surface area contributed by atoms with Crippen LogP contribution in [0.15, 0.2) is 0 Å². The molecule has 21 heavy (non-hydrogen) atoms. The number of halogens is 6. The van der Waals surface area contributed by atoms with Gasteiger partial charge in [-0.1, -0.05) is 0 Å². The lowest BCUT2D eigenvalue weighted by molar-refractivity contribution is -0.921. The van der Waals surface area contributed by atoms with Crippen LogP contribution in [0.4, 0.5) is 0 Å². The highest BCUT2D eigenvalue weighted by Gasteiger charge is 2.46. The Kier molecular flexibility index (Phi) is 11.4. The van der Waals surface area contributed by atoms with Crippen molar-refractivity contribution in [3.63, 3.8) is 0 Å². The smallest absolute Gasteiger partial charge is 0.0757 e. The van der Waals surface area contributed by atoms with Crippen LogP contribution in [-0.4, -0.2) is 62.9 Å². The number of hydrogen-bond donors (Lipinski definition) is 0. The van der Waals surface area contributed by atoms with Crippen molar-refractivity contribution in [2.24, 2.45) is 0 Å². The maximum atomic E-state index is 5.88. The molecule has 0 aromatic carbocycles. The van der Waals surface area contributed by atoms with E-state index in [1.807, 2.05) is 0 Å². The molecule has 1 saturated carbocycles. The van der Waals surface area contributed by atoms with Gasteiger partial charge in [0.1, 0.15) is 0 Å². The minimum absolute atomic E-state index is 0.437. The standard InChI is InChI=1S/C8H20N.C6H6Cl6/c1-5-9(6-2,7-3)8-4;7-1-2(8)4(10)6(12)5(11)3(1)9/h5-8H2,1-4H3;1-6H/q+1;/t;1-,2-,3-,4+,5+,6+. The molecule has 0 amide bonds. The molecule has 0 aromatic heterocycles. The molecule has 0 N–H and O–H groups in total. The van der Waals surface area contributed by atoms with E-state index in [0.29, 0.717) is 0 Å². The van der Waals surface area contributed by atoms with Crippen molar-refractivity contribution in [1.29, 1.82) is 0 Å². The summed E-state index contributed by atoms with van der Waals surface area (Å²) in [4.78, 5) is 0. The van der Waals surface area contributed by atoms with Crippen LogP contribution in [0.5, 0.6) is 0 Å². The lowest BCUT2D eigenvalue weighted by Gasteiger charge is -2.37. The molecule has 7 heteroatoms. The summed E-state index contributed by atoms with van der Waals surface area (Å²) < 4.78 is 1.28. The van der Waals surface area contributed by atoms with Crippen LogP contribution < -0.4 is 0 Å².